The summed E-state index contributed by atoms with van der Waals surface area (Å²) in [6.07, 6.45) is 4.39. The summed E-state index contributed by atoms with van der Waals surface area (Å²) in [6, 6.07) is 8.61. The number of benzene rings is 1. The summed E-state index contributed by atoms with van der Waals surface area (Å²) in [5.41, 5.74) is 2.08. The Morgan fingerprint density at radius 1 is 1.29 bits per heavy atom. The average Bonchev–Trinajstić information content (AvgIpc) is 3.22. The molecule has 0 radical (unpaired) electrons. The zero-order valence-electron chi connectivity index (χ0n) is 12.0. The fourth-order valence-electron chi connectivity index (χ4n) is 3.04. The Hall–Kier alpha value is -2.04. The lowest BCUT2D eigenvalue weighted by molar-refractivity contribution is 0.178. The van der Waals surface area contributed by atoms with Crippen LogP contribution in [0, 0.1) is 0 Å². The maximum atomic E-state index is 12.2. The van der Waals surface area contributed by atoms with E-state index >= 15 is 0 Å². The van der Waals surface area contributed by atoms with E-state index in [0.717, 1.165) is 55.6 Å². The molecule has 4 rings (SSSR count). The minimum Gasteiger partial charge on any atom is -0.342 e. The van der Waals surface area contributed by atoms with Crippen molar-refractivity contribution >= 4 is 17.1 Å². The molecule has 2 aliphatic rings. The fourth-order valence-corrected chi connectivity index (χ4v) is 3.04. The Bertz CT molecular complexity index is 628. The molecule has 2 fully saturated rings. The van der Waals surface area contributed by atoms with E-state index in [0.29, 0.717) is 12.0 Å². The normalized spacial score (nSPS) is 22.5. The van der Waals surface area contributed by atoms with E-state index in [1.54, 1.807) is 0 Å². The third-order valence-electron chi connectivity index (χ3n) is 4.41. The van der Waals surface area contributed by atoms with Crippen LogP contribution in [0.3, 0.4) is 0 Å². The lowest BCUT2D eigenvalue weighted by atomic mass is 9.97. The van der Waals surface area contributed by atoms with Crippen molar-refractivity contribution in [2.24, 2.45) is 0 Å². The number of likely N-dealkylation sites (tertiary alicyclic amines) is 1. The van der Waals surface area contributed by atoms with E-state index in [9.17, 15) is 4.79 Å². The number of rotatable bonds is 2. The van der Waals surface area contributed by atoms with Gasteiger partial charge in [-0.1, -0.05) is 12.1 Å². The number of imidazole rings is 1. The molecular formula is C16H20N4O. The molecule has 21 heavy (non-hydrogen) atoms. The number of urea groups is 1. The number of hydrogen-bond acceptors (Lipinski definition) is 2. The van der Waals surface area contributed by atoms with Crippen LogP contribution in [0.2, 0.25) is 0 Å². The minimum absolute atomic E-state index is 0.0957. The van der Waals surface area contributed by atoms with Gasteiger partial charge < -0.3 is 15.2 Å². The molecule has 110 valence electrons. The smallest absolute Gasteiger partial charge is 0.317 e. The Labute approximate surface area is 123 Å². The second kappa shape index (κ2) is 5.06. The van der Waals surface area contributed by atoms with Crippen LogP contribution in [0.4, 0.5) is 4.79 Å². The molecule has 0 spiro atoms. The van der Waals surface area contributed by atoms with E-state index in [4.69, 9.17) is 0 Å². The Kier molecular flexibility index (Phi) is 3.05. The van der Waals surface area contributed by atoms with E-state index in [1.165, 1.54) is 0 Å². The molecule has 1 aromatic heterocycles. The van der Waals surface area contributed by atoms with Gasteiger partial charge in [0, 0.05) is 25.0 Å². The SMILES string of the molecule is O=C(NC1CC1)N1CCC[C@@H](c2nc3ccccc3[nH]2)C1. The molecule has 0 unspecified atom stereocenters. The predicted molar refractivity (Wildman–Crippen MR) is 81.2 cm³/mol. The van der Waals surface area contributed by atoms with Gasteiger partial charge in [-0.3, -0.25) is 0 Å². The van der Waals surface area contributed by atoms with Gasteiger partial charge in [0.2, 0.25) is 0 Å². The van der Waals surface area contributed by atoms with Crippen molar-refractivity contribution in [2.75, 3.05) is 13.1 Å². The third-order valence-corrected chi connectivity index (χ3v) is 4.41. The molecule has 1 saturated carbocycles. The van der Waals surface area contributed by atoms with Gasteiger partial charge in [-0.15, -0.1) is 0 Å². The van der Waals surface area contributed by atoms with Crippen LogP contribution in [0.25, 0.3) is 11.0 Å². The summed E-state index contributed by atoms with van der Waals surface area (Å²) in [7, 11) is 0. The van der Waals surface area contributed by atoms with Gasteiger partial charge >= 0.3 is 6.03 Å². The maximum absolute atomic E-state index is 12.2. The first-order valence-electron chi connectivity index (χ1n) is 7.80. The lowest BCUT2D eigenvalue weighted by Gasteiger charge is -2.31. The number of para-hydroxylation sites is 2. The van der Waals surface area contributed by atoms with Gasteiger partial charge in [0.15, 0.2) is 0 Å². The van der Waals surface area contributed by atoms with Crippen molar-refractivity contribution in [1.29, 1.82) is 0 Å². The van der Waals surface area contributed by atoms with Crippen LogP contribution in [0.15, 0.2) is 24.3 Å². The monoisotopic (exact) mass is 284 g/mol. The standard InChI is InChI=1S/C16H20N4O/c21-16(17-12-7-8-12)20-9-3-4-11(10-20)15-18-13-5-1-2-6-14(13)19-15/h1-2,5-6,11-12H,3-4,7-10H2,(H,17,21)(H,18,19)/t11-/m1/s1. The number of fused-ring (bicyclic) bond motifs is 1. The highest BCUT2D eigenvalue weighted by Gasteiger charge is 2.30. The third kappa shape index (κ3) is 2.60. The number of amides is 2. The van der Waals surface area contributed by atoms with E-state index in [-0.39, 0.29) is 6.03 Å². The summed E-state index contributed by atoms with van der Waals surface area (Å²) in [5, 5.41) is 3.08. The number of H-pyrrole nitrogens is 1. The molecule has 1 aliphatic carbocycles. The van der Waals surface area contributed by atoms with Crippen LogP contribution >= 0.6 is 0 Å². The predicted octanol–water partition coefficient (Wildman–Crippen LogP) is 2.61. The molecule has 1 atom stereocenters. The molecule has 1 aromatic carbocycles. The summed E-state index contributed by atoms with van der Waals surface area (Å²) in [6.45, 7) is 1.62. The minimum atomic E-state index is 0.0957. The zero-order chi connectivity index (χ0) is 14.2. The van der Waals surface area contributed by atoms with Crippen LogP contribution < -0.4 is 5.32 Å². The average molecular weight is 284 g/mol. The van der Waals surface area contributed by atoms with Gasteiger partial charge in [0.05, 0.1) is 11.0 Å². The van der Waals surface area contributed by atoms with Crippen molar-refractivity contribution in [1.82, 2.24) is 20.2 Å². The number of hydrogen-bond donors (Lipinski definition) is 2. The number of piperidine rings is 1. The number of carbonyl (C=O) groups is 1. The number of aromatic nitrogens is 2. The van der Waals surface area contributed by atoms with E-state index in [2.05, 4.69) is 15.3 Å². The highest BCUT2D eigenvalue weighted by atomic mass is 16.2. The quantitative estimate of drug-likeness (QED) is 0.890. The number of nitrogens with one attached hydrogen (secondary N) is 2. The van der Waals surface area contributed by atoms with Gasteiger partial charge in [-0.05, 0) is 37.8 Å². The van der Waals surface area contributed by atoms with Crippen LogP contribution in [0.1, 0.15) is 37.4 Å². The van der Waals surface area contributed by atoms with Gasteiger partial charge in [0.1, 0.15) is 5.82 Å². The molecule has 0 bridgehead atoms. The molecule has 2 amide bonds. The Balaban J connectivity index is 1.50. The topological polar surface area (TPSA) is 61.0 Å². The van der Waals surface area contributed by atoms with Crippen molar-refractivity contribution in [3.8, 4) is 0 Å². The maximum Gasteiger partial charge on any atom is 0.317 e. The first kappa shape index (κ1) is 12.7. The molecule has 2 heterocycles. The molecule has 1 saturated heterocycles. The molecule has 1 aliphatic heterocycles. The van der Waals surface area contributed by atoms with Crippen LogP contribution in [-0.2, 0) is 0 Å². The van der Waals surface area contributed by atoms with Crippen molar-refractivity contribution in [3.05, 3.63) is 30.1 Å². The molecule has 5 heteroatoms. The molecule has 5 nitrogen and oxygen atoms in total. The second-order valence-corrected chi connectivity index (χ2v) is 6.15. The summed E-state index contributed by atoms with van der Waals surface area (Å²) >= 11 is 0. The van der Waals surface area contributed by atoms with E-state index < -0.39 is 0 Å². The van der Waals surface area contributed by atoms with Crippen LogP contribution in [0.5, 0.6) is 0 Å². The first-order valence-corrected chi connectivity index (χ1v) is 7.80. The van der Waals surface area contributed by atoms with E-state index in [1.807, 2.05) is 29.2 Å². The number of nitrogens with zero attached hydrogens (tertiary/aromatic N) is 2. The van der Waals surface area contributed by atoms with Crippen molar-refractivity contribution < 1.29 is 4.79 Å². The van der Waals surface area contributed by atoms with Gasteiger partial charge in [0.25, 0.3) is 0 Å². The molecule has 2 aromatic rings. The highest BCUT2D eigenvalue weighted by molar-refractivity contribution is 5.76. The molecular weight excluding hydrogens is 264 g/mol. The zero-order valence-corrected chi connectivity index (χ0v) is 12.0. The number of carbonyl (C=O) groups excluding carboxylic acids is 1. The highest BCUT2D eigenvalue weighted by Crippen LogP contribution is 2.27. The molecule has 2 N–H and O–H groups in total. The largest absolute Gasteiger partial charge is 0.342 e. The Morgan fingerprint density at radius 2 is 2.14 bits per heavy atom. The van der Waals surface area contributed by atoms with Crippen molar-refractivity contribution in [3.63, 3.8) is 0 Å². The second-order valence-electron chi connectivity index (χ2n) is 6.15. The summed E-state index contributed by atoms with van der Waals surface area (Å²) in [5.74, 6) is 1.33. The van der Waals surface area contributed by atoms with Gasteiger partial charge in [-0.25, -0.2) is 9.78 Å². The van der Waals surface area contributed by atoms with Crippen LogP contribution in [-0.4, -0.2) is 40.0 Å². The number of aromatic amines is 1. The Morgan fingerprint density at radius 3 is 2.95 bits per heavy atom. The fraction of sp³-hybridized carbons (Fsp3) is 0.500. The summed E-state index contributed by atoms with van der Waals surface area (Å²) < 4.78 is 0. The lowest BCUT2D eigenvalue weighted by Crippen LogP contribution is -2.45. The summed E-state index contributed by atoms with van der Waals surface area (Å²) in [4.78, 5) is 22.2. The van der Waals surface area contributed by atoms with Crippen molar-refractivity contribution in [2.45, 2.75) is 37.6 Å². The first-order chi connectivity index (χ1) is 10.3. The van der Waals surface area contributed by atoms with Gasteiger partial charge in [-0.2, -0.15) is 0 Å².